The van der Waals surface area contributed by atoms with Crippen molar-refractivity contribution in [3.05, 3.63) is 29.8 Å². The molecule has 0 bridgehead atoms. The lowest BCUT2D eigenvalue weighted by molar-refractivity contribution is -0.0504. The van der Waals surface area contributed by atoms with Gasteiger partial charge in [0.15, 0.2) is 0 Å². The largest absolute Gasteiger partial charge is 0.434 e. The summed E-state index contributed by atoms with van der Waals surface area (Å²) in [4.78, 5) is 14.0. The molecule has 1 aliphatic rings. The van der Waals surface area contributed by atoms with E-state index in [1.807, 2.05) is 0 Å². The van der Waals surface area contributed by atoms with Gasteiger partial charge in [-0.25, -0.2) is 4.79 Å². The van der Waals surface area contributed by atoms with E-state index >= 15 is 0 Å². The van der Waals surface area contributed by atoms with Crippen LogP contribution in [0.2, 0.25) is 0 Å². The Hall–Kier alpha value is -1.85. The molecule has 2 rings (SSSR count). The first-order valence-corrected chi connectivity index (χ1v) is 8.00. The molecule has 0 heterocycles. The van der Waals surface area contributed by atoms with Crippen LogP contribution in [0.15, 0.2) is 24.3 Å². The highest BCUT2D eigenvalue weighted by atomic mass is 19.3. The summed E-state index contributed by atoms with van der Waals surface area (Å²) in [6.45, 7) is -0.511. The molecule has 2 amide bonds. The van der Waals surface area contributed by atoms with Crippen LogP contribution in [0.3, 0.4) is 0 Å². The number of benzene rings is 1. The Bertz CT molecular complexity index is 525. The number of ether oxygens (including phenoxy) is 1. The van der Waals surface area contributed by atoms with Crippen molar-refractivity contribution in [2.24, 2.45) is 5.92 Å². The van der Waals surface area contributed by atoms with Crippen molar-refractivity contribution >= 4 is 6.03 Å². The minimum Gasteiger partial charge on any atom is -0.434 e. The highest BCUT2D eigenvalue weighted by Crippen LogP contribution is 2.26. The molecule has 4 nitrogen and oxygen atoms in total. The van der Waals surface area contributed by atoms with Crippen LogP contribution in [0, 0.1) is 5.92 Å². The lowest BCUT2D eigenvalue weighted by atomic mass is 9.86. The van der Waals surface area contributed by atoms with E-state index in [9.17, 15) is 13.6 Å². The van der Waals surface area contributed by atoms with Crippen molar-refractivity contribution in [3.8, 4) is 5.75 Å². The molecule has 128 valence electrons. The van der Waals surface area contributed by atoms with Gasteiger partial charge in [-0.15, -0.1) is 0 Å². The van der Waals surface area contributed by atoms with Crippen molar-refractivity contribution in [2.45, 2.75) is 51.8 Å². The molecule has 1 aliphatic carbocycles. The van der Waals surface area contributed by atoms with E-state index < -0.39 is 6.61 Å². The fourth-order valence-corrected chi connectivity index (χ4v) is 3.08. The number of nitrogens with one attached hydrogen (secondary N) is 1. The van der Waals surface area contributed by atoms with Gasteiger partial charge in [-0.05, 0) is 24.8 Å². The van der Waals surface area contributed by atoms with Crippen molar-refractivity contribution in [1.29, 1.82) is 0 Å². The van der Waals surface area contributed by atoms with Crippen LogP contribution in [0.25, 0.3) is 0 Å². The lowest BCUT2D eigenvalue weighted by Gasteiger charge is -2.34. The summed E-state index contributed by atoms with van der Waals surface area (Å²) in [5, 5.41) is 2.79. The van der Waals surface area contributed by atoms with Crippen LogP contribution in [0.4, 0.5) is 13.6 Å². The number of urea groups is 1. The number of alkyl halides is 2. The highest BCUT2D eigenvalue weighted by Gasteiger charge is 2.25. The molecular weight excluding hydrogens is 302 g/mol. The van der Waals surface area contributed by atoms with Crippen molar-refractivity contribution in [1.82, 2.24) is 10.2 Å². The molecule has 1 aromatic carbocycles. The second-order valence-electron chi connectivity index (χ2n) is 6.18. The van der Waals surface area contributed by atoms with Gasteiger partial charge in [-0.2, -0.15) is 8.78 Å². The van der Waals surface area contributed by atoms with Gasteiger partial charge in [0, 0.05) is 25.2 Å². The third-order valence-electron chi connectivity index (χ3n) is 4.40. The first-order valence-electron chi connectivity index (χ1n) is 8.00. The zero-order valence-corrected chi connectivity index (χ0v) is 13.6. The summed E-state index contributed by atoms with van der Waals surface area (Å²) in [6, 6.07) is 6.55. The average molecular weight is 326 g/mol. The summed E-state index contributed by atoms with van der Waals surface area (Å²) < 4.78 is 29.2. The van der Waals surface area contributed by atoms with Crippen LogP contribution in [-0.2, 0) is 6.54 Å². The average Bonchev–Trinajstić information content (AvgIpc) is 2.52. The number of hydrogen-bond donors (Lipinski definition) is 1. The fraction of sp³-hybridized carbons (Fsp3) is 0.588. The first-order chi connectivity index (χ1) is 11.0. The molecule has 0 spiro atoms. The van der Waals surface area contributed by atoms with E-state index in [0.717, 1.165) is 19.3 Å². The Morgan fingerprint density at radius 1 is 1.39 bits per heavy atom. The van der Waals surface area contributed by atoms with Gasteiger partial charge in [-0.3, -0.25) is 0 Å². The molecule has 0 saturated heterocycles. The molecule has 1 aromatic rings. The van der Waals surface area contributed by atoms with Gasteiger partial charge in [-0.1, -0.05) is 38.0 Å². The Morgan fingerprint density at radius 3 is 2.83 bits per heavy atom. The molecule has 23 heavy (non-hydrogen) atoms. The number of halogens is 2. The molecular formula is C17H24F2N2O2. The zero-order chi connectivity index (χ0) is 16.8. The van der Waals surface area contributed by atoms with Gasteiger partial charge in [0.25, 0.3) is 0 Å². The molecule has 1 fully saturated rings. The molecule has 0 aliphatic heterocycles. The number of carbonyl (C=O) groups excluding carboxylic acids is 1. The maximum Gasteiger partial charge on any atom is 0.387 e. The van der Waals surface area contributed by atoms with Gasteiger partial charge in [0.05, 0.1) is 0 Å². The Balaban J connectivity index is 1.91. The molecule has 2 unspecified atom stereocenters. The number of carbonyl (C=O) groups is 1. The van der Waals surface area contributed by atoms with Crippen molar-refractivity contribution in [3.63, 3.8) is 0 Å². The van der Waals surface area contributed by atoms with E-state index in [2.05, 4.69) is 17.0 Å². The fourth-order valence-electron chi connectivity index (χ4n) is 3.08. The van der Waals surface area contributed by atoms with Crippen LogP contribution >= 0.6 is 0 Å². The van der Waals surface area contributed by atoms with Gasteiger partial charge in [0.1, 0.15) is 5.75 Å². The third-order valence-corrected chi connectivity index (χ3v) is 4.40. The number of para-hydroxylation sites is 1. The standard InChI is InChI=1S/C17H24F2N2O2/c1-12-6-5-8-14(10-12)21(2)17(22)20-11-13-7-3-4-9-15(13)23-16(18)19/h3-4,7,9,12,14,16H,5-6,8,10-11H2,1-2H3,(H,20,22). The number of nitrogens with zero attached hydrogens (tertiary/aromatic N) is 1. The van der Waals surface area contributed by atoms with Gasteiger partial charge >= 0.3 is 12.6 Å². The van der Waals surface area contributed by atoms with Crippen molar-refractivity contribution < 1.29 is 18.3 Å². The van der Waals surface area contributed by atoms with E-state index in [1.165, 1.54) is 12.5 Å². The van der Waals surface area contributed by atoms with Gasteiger partial charge < -0.3 is 15.0 Å². The Morgan fingerprint density at radius 2 is 2.13 bits per heavy atom. The minimum absolute atomic E-state index is 0.0942. The Kier molecular flexibility index (Phi) is 6.19. The number of hydrogen-bond acceptors (Lipinski definition) is 2. The summed E-state index contributed by atoms with van der Waals surface area (Å²) >= 11 is 0. The maximum atomic E-state index is 12.4. The predicted molar refractivity (Wildman–Crippen MR) is 84.5 cm³/mol. The maximum absolute atomic E-state index is 12.4. The summed E-state index contributed by atoms with van der Waals surface area (Å²) in [5.74, 6) is 0.723. The minimum atomic E-state index is -2.88. The quantitative estimate of drug-likeness (QED) is 0.888. The molecule has 0 radical (unpaired) electrons. The monoisotopic (exact) mass is 326 g/mol. The summed E-state index contributed by atoms with van der Waals surface area (Å²) in [5.41, 5.74) is 0.534. The van der Waals surface area contributed by atoms with Crippen LogP contribution < -0.4 is 10.1 Å². The predicted octanol–water partition coefficient (Wildman–Crippen LogP) is 4.01. The SMILES string of the molecule is CC1CCCC(N(C)C(=O)NCc2ccccc2OC(F)F)C1. The highest BCUT2D eigenvalue weighted by molar-refractivity contribution is 5.74. The van der Waals surface area contributed by atoms with E-state index in [1.54, 1.807) is 30.1 Å². The molecule has 2 atom stereocenters. The zero-order valence-electron chi connectivity index (χ0n) is 13.6. The molecule has 1 N–H and O–H groups in total. The summed E-state index contributed by atoms with van der Waals surface area (Å²) in [6.07, 6.45) is 4.37. The smallest absolute Gasteiger partial charge is 0.387 e. The first kappa shape index (κ1) is 17.5. The van der Waals surface area contributed by atoms with Crippen LogP contribution in [0.5, 0.6) is 5.75 Å². The lowest BCUT2D eigenvalue weighted by Crippen LogP contribution is -2.45. The third kappa shape index (κ3) is 5.08. The topological polar surface area (TPSA) is 41.6 Å². The van der Waals surface area contributed by atoms with Crippen LogP contribution in [-0.4, -0.2) is 30.6 Å². The van der Waals surface area contributed by atoms with Crippen molar-refractivity contribution in [2.75, 3.05) is 7.05 Å². The molecule has 0 aromatic heterocycles. The second kappa shape index (κ2) is 8.13. The summed E-state index contributed by atoms with van der Waals surface area (Å²) in [7, 11) is 1.79. The second-order valence-corrected chi connectivity index (χ2v) is 6.18. The molecule has 6 heteroatoms. The van der Waals surface area contributed by atoms with Crippen LogP contribution in [0.1, 0.15) is 38.2 Å². The number of amides is 2. The van der Waals surface area contributed by atoms with E-state index in [-0.39, 0.29) is 24.4 Å². The molecule has 1 saturated carbocycles. The van der Waals surface area contributed by atoms with Gasteiger partial charge in [0.2, 0.25) is 0 Å². The Labute approximate surface area is 135 Å². The van der Waals surface area contributed by atoms with E-state index in [0.29, 0.717) is 11.5 Å². The normalized spacial score (nSPS) is 21.1. The van der Waals surface area contributed by atoms with E-state index in [4.69, 9.17) is 0 Å². The number of rotatable bonds is 5.